The Morgan fingerprint density at radius 1 is 1.00 bits per heavy atom. The Balaban J connectivity index is 1.51. The number of para-hydroxylation sites is 2. The molecule has 0 fully saturated rings. The third-order valence-electron chi connectivity index (χ3n) is 5.07. The Morgan fingerprint density at radius 3 is 2.58 bits per heavy atom. The van der Waals surface area contributed by atoms with E-state index in [1.165, 1.54) is 28.5 Å². The highest BCUT2D eigenvalue weighted by molar-refractivity contribution is 7.98. The lowest BCUT2D eigenvalue weighted by atomic mass is 10.2. The molecule has 0 bridgehead atoms. The van der Waals surface area contributed by atoms with E-state index in [2.05, 4.69) is 0 Å². The molecule has 8 heteroatoms. The van der Waals surface area contributed by atoms with Crippen molar-refractivity contribution in [1.82, 2.24) is 14.5 Å². The van der Waals surface area contributed by atoms with Gasteiger partial charge in [0.1, 0.15) is 16.6 Å². The molecule has 5 aromatic rings. The van der Waals surface area contributed by atoms with Gasteiger partial charge in [-0.25, -0.2) is 14.4 Å². The first-order valence-electron chi connectivity index (χ1n) is 10.1. The molecule has 0 N–H and O–H groups in total. The summed E-state index contributed by atoms with van der Waals surface area (Å²) in [4.78, 5) is 22.8. The highest BCUT2D eigenvalue weighted by Gasteiger charge is 2.15. The van der Waals surface area contributed by atoms with E-state index < -0.39 is 0 Å². The van der Waals surface area contributed by atoms with Gasteiger partial charge in [0.15, 0.2) is 5.16 Å². The SMILES string of the molecule is COc1ccccc1-c1nc(CSc2nc3ccccc3c(=O)n2-c2ccc(F)cc2)cs1. The number of hydrogen-bond donors (Lipinski definition) is 0. The van der Waals surface area contributed by atoms with Crippen molar-refractivity contribution in [2.45, 2.75) is 10.9 Å². The number of methoxy groups -OCH3 is 1. The molecule has 0 atom stereocenters. The summed E-state index contributed by atoms with van der Waals surface area (Å²) >= 11 is 2.96. The van der Waals surface area contributed by atoms with Crippen molar-refractivity contribution in [3.63, 3.8) is 0 Å². The molecule has 0 spiro atoms. The van der Waals surface area contributed by atoms with Gasteiger partial charge in [-0.1, -0.05) is 36.0 Å². The molecule has 0 aliphatic carbocycles. The number of rotatable bonds is 6. The quantitative estimate of drug-likeness (QED) is 0.224. The van der Waals surface area contributed by atoms with E-state index in [1.807, 2.05) is 47.8 Å². The molecule has 0 saturated heterocycles. The van der Waals surface area contributed by atoms with Gasteiger partial charge in [0.25, 0.3) is 5.56 Å². The Kier molecular flexibility index (Phi) is 5.93. The summed E-state index contributed by atoms with van der Waals surface area (Å²) in [6.45, 7) is 0. The predicted molar refractivity (Wildman–Crippen MR) is 131 cm³/mol. The van der Waals surface area contributed by atoms with Crippen LogP contribution in [0.4, 0.5) is 4.39 Å². The van der Waals surface area contributed by atoms with Gasteiger partial charge >= 0.3 is 0 Å². The Morgan fingerprint density at radius 2 is 1.76 bits per heavy atom. The first kappa shape index (κ1) is 21.4. The summed E-state index contributed by atoms with van der Waals surface area (Å²) in [5.41, 5.74) is 2.81. The van der Waals surface area contributed by atoms with Crippen molar-refractivity contribution in [3.05, 3.63) is 100 Å². The van der Waals surface area contributed by atoms with Gasteiger partial charge < -0.3 is 4.74 Å². The van der Waals surface area contributed by atoms with Crippen LogP contribution in [0.3, 0.4) is 0 Å². The van der Waals surface area contributed by atoms with Gasteiger partial charge in [-0.05, 0) is 48.5 Å². The lowest BCUT2D eigenvalue weighted by Gasteiger charge is -2.13. The molecule has 5 nitrogen and oxygen atoms in total. The fraction of sp³-hybridized carbons (Fsp3) is 0.0800. The summed E-state index contributed by atoms with van der Waals surface area (Å²) in [5, 5.41) is 3.90. The number of benzene rings is 3. The first-order chi connectivity index (χ1) is 16.1. The molecule has 0 amide bonds. The van der Waals surface area contributed by atoms with Crippen molar-refractivity contribution >= 4 is 34.0 Å². The van der Waals surface area contributed by atoms with Gasteiger partial charge in [-0.15, -0.1) is 11.3 Å². The molecule has 0 unspecified atom stereocenters. The maximum absolute atomic E-state index is 13.5. The highest BCUT2D eigenvalue weighted by atomic mass is 32.2. The maximum Gasteiger partial charge on any atom is 0.266 e. The summed E-state index contributed by atoms with van der Waals surface area (Å²) in [6.07, 6.45) is 0. The van der Waals surface area contributed by atoms with Crippen LogP contribution < -0.4 is 10.3 Å². The van der Waals surface area contributed by atoms with Crippen LogP contribution in [0.15, 0.2) is 88.1 Å². The molecule has 0 saturated carbocycles. The van der Waals surface area contributed by atoms with Crippen LogP contribution in [0.5, 0.6) is 5.75 Å². The predicted octanol–water partition coefficient (Wildman–Crippen LogP) is 5.95. The molecule has 33 heavy (non-hydrogen) atoms. The lowest BCUT2D eigenvalue weighted by molar-refractivity contribution is 0.416. The summed E-state index contributed by atoms with van der Waals surface area (Å²) in [5.74, 6) is 0.936. The first-order valence-corrected chi connectivity index (χ1v) is 12.0. The molecule has 0 aliphatic heterocycles. The van der Waals surface area contributed by atoms with Crippen molar-refractivity contribution < 1.29 is 9.13 Å². The zero-order valence-corrected chi connectivity index (χ0v) is 19.2. The van der Waals surface area contributed by atoms with E-state index in [-0.39, 0.29) is 11.4 Å². The van der Waals surface area contributed by atoms with E-state index in [4.69, 9.17) is 14.7 Å². The number of thiazole rings is 1. The van der Waals surface area contributed by atoms with E-state index in [0.717, 1.165) is 22.0 Å². The van der Waals surface area contributed by atoms with Gasteiger partial charge in [-0.2, -0.15) is 0 Å². The number of fused-ring (bicyclic) bond motifs is 1. The van der Waals surface area contributed by atoms with Gasteiger partial charge in [0.05, 0.1) is 35.0 Å². The van der Waals surface area contributed by atoms with Crippen molar-refractivity contribution in [2.24, 2.45) is 0 Å². The fourth-order valence-corrected chi connectivity index (χ4v) is 5.34. The zero-order chi connectivity index (χ0) is 22.8. The molecule has 5 rings (SSSR count). The number of ether oxygens (including phenoxy) is 1. The number of halogens is 1. The number of nitrogens with zero attached hydrogens (tertiary/aromatic N) is 3. The monoisotopic (exact) mass is 475 g/mol. The molecule has 2 aromatic heterocycles. The van der Waals surface area contributed by atoms with E-state index >= 15 is 0 Å². The normalized spacial score (nSPS) is 11.1. The van der Waals surface area contributed by atoms with E-state index in [1.54, 1.807) is 36.6 Å². The minimum absolute atomic E-state index is 0.192. The molecule has 164 valence electrons. The van der Waals surface area contributed by atoms with Gasteiger partial charge in [0, 0.05) is 11.1 Å². The zero-order valence-electron chi connectivity index (χ0n) is 17.6. The highest BCUT2D eigenvalue weighted by Crippen LogP contribution is 2.33. The van der Waals surface area contributed by atoms with Crippen LogP contribution in [0.25, 0.3) is 27.2 Å². The second-order valence-electron chi connectivity index (χ2n) is 7.16. The van der Waals surface area contributed by atoms with Crippen LogP contribution in [-0.2, 0) is 5.75 Å². The van der Waals surface area contributed by atoms with Crippen LogP contribution >= 0.6 is 23.1 Å². The third-order valence-corrected chi connectivity index (χ3v) is 6.96. The largest absolute Gasteiger partial charge is 0.496 e. The Bertz CT molecular complexity index is 1500. The standard InChI is InChI=1S/C25H18FN3O2S2/c1-31-22-9-5-3-7-20(22)23-27-17(14-32-23)15-33-25-28-21-8-4-2-6-19(21)24(30)29(25)18-12-10-16(26)11-13-18/h2-14H,15H2,1H3. The third kappa shape index (κ3) is 4.27. The molecular formula is C25H18FN3O2S2. The molecule has 0 radical (unpaired) electrons. The average Bonchev–Trinajstić information content (AvgIpc) is 3.32. The van der Waals surface area contributed by atoms with Crippen LogP contribution in [0.2, 0.25) is 0 Å². The summed E-state index contributed by atoms with van der Waals surface area (Å²) in [6, 6.07) is 20.8. The fourth-order valence-electron chi connectivity index (χ4n) is 3.48. The average molecular weight is 476 g/mol. The lowest BCUT2D eigenvalue weighted by Crippen LogP contribution is -2.21. The second-order valence-corrected chi connectivity index (χ2v) is 8.96. The van der Waals surface area contributed by atoms with E-state index in [9.17, 15) is 9.18 Å². The van der Waals surface area contributed by atoms with E-state index in [0.29, 0.717) is 27.5 Å². The Hall–Kier alpha value is -3.49. The Labute approximate surface area is 197 Å². The van der Waals surface area contributed by atoms with Gasteiger partial charge in [-0.3, -0.25) is 9.36 Å². The van der Waals surface area contributed by atoms with Crippen molar-refractivity contribution in [3.8, 4) is 22.0 Å². The van der Waals surface area contributed by atoms with Crippen LogP contribution in [0, 0.1) is 5.82 Å². The second kappa shape index (κ2) is 9.17. The minimum atomic E-state index is -0.360. The van der Waals surface area contributed by atoms with Gasteiger partial charge in [0.2, 0.25) is 0 Å². The number of aromatic nitrogens is 3. The smallest absolute Gasteiger partial charge is 0.266 e. The molecular weight excluding hydrogens is 457 g/mol. The number of thioether (sulfide) groups is 1. The van der Waals surface area contributed by atoms with Crippen LogP contribution in [-0.4, -0.2) is 21.6 Å². The maximum atomic E-state index is 13.5. The van der Waals surface area contributed by atoms with Crippen LogP contribution in [0.1, 0.15) is 5.69 Å². The molecule has 0 aliphatic rings. The van der Waals surface area contributed by atoms with Crippen molar-refractivity contribution in [1.29, 1.82) is 0 Å². The molecule has 2 heterocycles. The summed E-state index contributed by atoms with van der Waals surface area (Å²) in [7, 11) is 1.64. The van der Waals surface area contributed by atoms with Crippen molar-refractivity contribution in [2.75, 3.05) is 7.11 Å². The topological polar surface area (TPSA) is 57.0 Å². The summed E-state index contributed by atoms with van der Waals surface area (Å²) < 4.78 is 20.5. The number of hydrogen-bond acceptors (Lipinski definition) is 6. The minimum Gasteiger partial charge on any atom is -0.496 e. The molecule has 3 aromatic carbocycles.